The molecule has 2 rings (SSSR count). The van der Waals surface area contributed by atoms with Crippen molar-refractivity contribution in [3.05, 3.63) is 35.4 Å². The highest BCUT2D eigenvalue weighted by molar-refractivity contribution is 5.28. The Hall–Kier alpha value is -0.900. The van der Waals surface area contributed by atoms with E-state index in [1.807, 2.05) is 7.05 Å². The smallest absolute Gasteiger partial charge is 0.159 e. The van der Waals surface area contributed by atoms with Crippen molar-refractivity contribution in [2.45, 2.75) is 51.4 Å². The van der Waals surface area contributed by atoms with Gasteiger partial charge in [-0.05, 0) is 30.0 Å². The van der Waals surface area contributed by atoms with Crippen LogP contribution in [0.4, 0.5) is 0 Å². The molecule has 112 valence electrons. The standard InChI is InChI=1S/C17H27NO2/c1-17(2,3)14-7-5-13(6-8-14)11-15(18-4)12-16-19-9-10-20-16/h5-8,15-16,18H,9-12H2,1-4H3. The van der Waals surface area contributed by atoms with Crippen molar-refractivity contribution in [3.8, 4) is 0 Å². The summed E-state index contributed by atoms with van der Waals surface area (Å²) in [6.45, 7) is 8.18. The summed E-state index contributed by atoms with van der Waals surface area (Å²) in [6, 6.07) is 9.34. The number of rotatable bonds is 5. The van der Waals surface area contributed by atoms with Crippen LogP contribution in [0, 0.1) is 0 Å². The van der Waals surface area contributed by atoms with Gasteiger partial charge >= 0.3 is 0 Å². The van der Waals surface area contributed by atoms with Crippen LogP contribution >= 0.6 is 0 Å². The highest BCUT2D eigenvalue weighted by atomic mass is 16.7. The third-order valence-electron chi connectivity index (χ3n) is 3.88. The van der Waals surface area contributed by atoms with Crippen LogP contribution in [0.3, 0.4) is 0 Å². The third kappa shape index (κ3) is 4.30. The predicted octanol–water partition coefficient (Wildman–Crippen LogP) is 2.88. The Morgan fingerprint density at radius 1 is 1.15 bits per heavy atom. The van der Waals surface area contributed by atoms with Crippen LogP contribution in [0.5, 0.6) is 0 Å². The van der Waals surface area contributed by atoms with Gasteiger partial charge in [-0.1, -0.05) is 45.0 Å². The number of likely N-dealkylation sites (N-methyl/N-ethyl adjacent to an activating group) is 1. The molecule has 3 nitrogen and oxygen atoms in total. The van der Waals surface area contributed by atoms with Crippen molar-refractivity contribution in [3.63, 3.8) is 0 Å². The van der Waals surface area contributed by atoms with E-state index in [0.29, 0.717) is 6.04 Å². The number of hydrogen-bond acceptors (Lipinski definition) is 3. The van der Waals surface area contributed by atoms with Crippen LogP contribution in [-0.2, 0) is 21.3 Å². The van der Waals surface area contributed by atoms with Gasteiger partial charge in [-0.25, -0.2) is 0 Å². The molecule has 3 heteroatoms. The molecule has 1 fully saturated rings. The van der Waals surface area contributed by atoms with Crippen molar-refractivity contribution < 1.29 is 9.47 Å². The monoisotopic (exact) mass is 277 g/mol. The summed E-state index contributed by atoms with van der Waals surface area (Å²) in [4.78, 5) is 0. The lowest BCUT2D eigenvalue weighted by Crippen LogP contribution is -2.32. The van der Waals surface area contributed by atoms with Gasteiger partial charge in [0.25, 0.3) is 0 Å². The summed E-state index contributed by atoms with van der Waals surface area (Å²) in [5.74, 6) is 0. The molecule has 1 heterocycles. The normalized spacial score (nSPS) is 18.4. The Bertz CT molecular complexity index is 402. The van der Waals surface area contributed by atoms with Crippen molar-refractivity contribution in [1.82, 2.24) is 5.32 Å². The molecule has 1 N–H and O–H groups in total. The fourth-order valence-corrected chi connectivity index (χ4v) is 2.50. The number of hydrogen-bond donors (Lipinski definition) is 1. The average molecular weight is 277 g/mol. The molecule has 0 radical (unpaired) electrons. The van der Waals surface area contributed by atoms with Crippen molar-refractivity contribution >= 4 is 0 Å². The maximum atomic E-state index is 5.52. The molecule has 0 aromatic heterocycles. The summed E-state index contributed by atoms with van der Waals surface area (Å²) in [5.41, 5.74) is 2.95. The van der Waals surface area contributed by atoms with Gasteiger partial charge < -0.3 is 14.8 Å². The molecule has 0 amide bonds. The van der Waals surface area contributed by atoms with Gasteiger partial charge in [0.2, 0.25) is 0 Å². The van der Waals surface area contributed by atoms with E-state index in [1.165, 1.54) is 11.1 Å². The summed E-state index contributed by atoms with van der Waals surface area (Å²) >= 11 is 0. The minimum atomic E-state index is -0.0405. The van der Waals surface area contributed by atoms with E-state index >= 15 is 0 Å². The second-order valence-electron chi connectivity index (χ2n) is 6.54. The maximum Gasteiger partial charge on any atom is 0.159 e. The van der Waals surface area contributed by atoms with Crippen molar-refractivity contribution in [1.29, 1.82) is 0 Å². The lowest BCUT2D eigenvalue weighted by Gasteiger charge is -2.21. The van der Waals surface area contributed by atoms with Gasteiger partial charge in [-0.2, -0.15) is 0 Å². The second-order valence-corrected chi connectivity index (χ2v) is 6.54. The molecular formula is C17H27NO2. The molecule has 1 unspecified atom stereocenters. The lowest BCUT2D eigenvalue weighted by atomic mass is 9.86. The average Bonchev–Trinajstić information content (AvgIpc) is 2.90. The Morgan fingerprint density at radius 3 is 2.25 bits per heavy atom. The Labute approximate surface area is 122 Å². The second kappa shape index (κ2) is 6.70. The van der Waals surface area contributed by atoms with Gasteiger partial charge in [0.1, 0.15) is 0 Å². The van der Waals surface area contributed by atoms with Gasteiger partial charge in [-0.15, -0.1) is 0 Å². The fourth-order valence-electron chi connectivity index (χ4n) is 2.50. The SMILES string of the molecule is CNC(Cc1ccc(C(C)(C)C)cc1)CC1OCCO1. The van der Waals surface area contributed by atoms with E-state index in [2.05, 4.69) is 50.4 Å². The lowest BCUT2D eigenvalue weighted by molar-refractivity contribution is -0.0522. The largest absolute Gasteiger partial charge is 0.350 e. The molecular weight excluding hydrogens is 250 g/mol. The predicted molar refractivity (Wildman–Crippen MR) is 82.0 cm³/mol. The van der Waals surface area contributed by atoms with Crippen molar-refractivity contribution in [2.24, 2.45) is 0 Å². The number of ether oxygens (including phenoxy) is 2. The van der Waals surface area contributed by atoms with E-state index in [1.54, 1.807) is 0 Å². The molecule has 1 aromatic rings. The minimum absolute atomic E-state index is 0.0405. The number of nitrogens with one attached hydrogen (secondary N) is 1. The Morgan fingerprint density at radius 2 is 1.75 bits per heavy atom. The molecule has 1 aromatic carbocycles. The zero-order valence-electron chi connectivity index (χ0n) is 13.1. The molecule has 1 saturated heterocycles. The van der Waals surface area contributed by atoms with Crippen LogP contribution in [0.15, 0.2) is 24.3 Å². The van der Waals surface area contributed by atoms with Gasteiger partial charge in [0.15, 0.2) is 6.29 Å². The number of benzene rings is 1. The highest BCUT2D eigenvalue weighted by Gasteiger charge is 2.21. The molecule has 0 spiro atoms. The summed E-state index contributed by atoms with van der Waals surface area (Å²) in [7, 11) is 2.00. The first-order chi connectivity index (χ1) is 9.49. The van der Waals surface area contributed by atoms with E-state index in [0.717, 1.165) is 26.1 Å². The van der Waals surface area contributed by atoms with E-state index in [-0.39, 0.29) is 11.7 Å². The first-order valence-corrected chi connectivity index (χ1v) is 7.49. The fraction of sp³-hybridized carbons (Fsp3) is 0.647. The maximum absolute atomic E-state index is 5.52. The molecule has 1 aliphatic rings. The van der Waals surface area contributed by atoms with E-state index in [9.17, 15) is 0 Å². The zero-order valence-corrected chi connectivity index (χ0v) is 13.1. The van der Waals surface area contributed by atoms with E-state index in [4.69, 9.17) is 9.47 Å². The van der Waals surface area contributed by atoms with Gasteiger partial charge in [0, 0.05) is 12.5 Å². The van der Waals surface area contributed by atoms with Crippen LogP contribution < -0.4 is 5.32 Å². The summed E-state index contributed by atoms with van der Waals surface area (Å²) in [6.07, 6.45) is 1.86. The summed E-state index contributed by atoms with van der Waals surface area (Å²) in [5, 5.41) is 3.36. The van der Waals surface area contributed by atoms with Crippen LogP contribution in [-0.4, -0.2) is 32.6 Å². The molecule has 1 aliphatic heterocycles. The Balaban J connectivity index is 1.93. The first-order valence-electron chi connectivity index (χ1n) is 7.49. The first kappa shape index (κ1) is 15.5. The Kier molecular flexibility index (Phi) is 5.19. The third-order valence-corrected chi connectivity index (χ3v) is 3.88. The minimum Gasteiger partial charge on any atom is -0.350 e. The summed E-state index contributed by atoms with van der Waals surface area (Å²) < 4.78 is 11.0. The van der Waals surface area contributed by atoms with Gasteiger partial charge in [-0.3, -0.25) is 0 Å². The van der Waals surface area contributed by atoms with Crippen LogP contribution in [0.25, 0.3) is 0 Å². The molecule has 0 bridgehead atoms. The van der Waals surface area contributed by atoms with E-state index < -0.39 is 0 Å². The van der Waals surface area contributed by atoms with Crippen LogP contribution in [0.2, 0.25) is 0 Å². The zero-order chi connectivity index (χ0) is 14.6. The molecule has 0 aliphatic carbocycles. The van der Waals surface area contributed by atoms with Crippen molar-refractivity contribution in [2.75, 3.05) is 20.3 Å². The van der Waals surface area contributed by atoms with Crippen LogP contribution in [0.1, 0.15) is 38.3 Å². The molecule has 1 atom stereocenters. The quantitative estimate of drug-likeness (QED) is 0.897. The molecule has 20 heavy (non-hydrogen) atoms. The topological polar surface area (TPSA) is 30.5 Å². The molecule has 0 saturated carbocycles. The van der Waals surface area contributed by atoms with Gasteiger partial charge in [0.05, 0.1) is 13.2 Å². The highest BCUT2D eigenvalue weighted by Crippen LogP contribution is 2.23.